The van der Waals surface area contributed by atoms with E-state index in [-0.39, 0.29) is 6.61 Å². The third kappa shape index (κ3) is 2.22. The summed E-state index contributed by atoms with van der Waals surface area (Å²) >= 11 is 0. The van der Waals surface area contributed by atoms with Gasteiger partial charge in [-0.05, 0) is 18.4 Å². The molecule has 18 heavy (non-hydrogen) atoms. The molecule has 1 saturated carbocycles. The minimum absolute atomic E-state index is 0.145. The Morgan fingerprint density at radius 2 is 2.06 bits per heavy atom. The van der Waals surface area contributed by atoms with Crippen molar-refractivity contribution in [2.75, 3.05) is 0 Å². The van der Waals surface area contributed by atoms with Crippen molar-refractivity contribution < 1.29 is 19.4 Å². The molecule has 0 radical (unpaired) electrons. The Morgan fingerprint density at radius 3 is 2.56 bits per heavy atom. The van der Waals surface area contributed by atoms with E-state index in [2.05, 4.69) is 0 Å². The number of aliphatic carboxylic acids is 1. The number of benzene rings is 1. The molecule has 1 aromatic rings. The lowest BCUT2D eigenvalue weighted by Gasteiger charge is -2.40. The summed E-state index contributed by atoms with van der Waals surface area (Å²) in [6.07, 6.45) is 0.782. The fourth-order valence-electron chi connectivity index (χ4n) is 2.01. The zero-order chi connectivity index (χ0) is 13.2. The van der Waals surface area contributed by atoms with Crippen molar-refractivity contribution in [2.24, 2.45) is 11.7 Å². The normalized spacial score (nSPS) is 26.2. The molecule has 96 valence electrons. The SMILES string of the molecule is N[C@@]1(C(=O)O)CC[C@@H]1C(=O)OCc1ccccc1. The molecule has 5 heteroatoms. The second-order valence-corrected chi connectivity index (χ2v) is 4.53. The van der Waals surface area contributed by atoms with Gasteiger partial charge in [0.2, 0.25) is 0 Å². The van der Waals surface area contributed by atoms with Gasteiger partial charge in [0.05, 0.1) is 5.92 Å². The van der Waals surface area contributed by atoms with Crippen molar-refractivity contribution in [1.29, 1.82) is 0 Å². The summed E-state index contributed by atoms with van der Waals surface area (Å²) in [6, 6.07) is 9.22. The molecular formula is C13H15NO4. The predicted molar refractivity (Wildman–Crippen MR) is 63.5 cm³/mol. The van der Waals surface area contributed by atoms with Crippen LogP contribution in [0, 0.1) is 5.92 Å². The number of rotatable bonds is 4. The van der Waals surface area contributed by atoms with Crippen LogP contribution in [0.25, 0.3) is 0 Å². The number of carbonyl (C=O) groups is 2. The first-order chi connectivity index (χ1) is 8.54. The molecule has 0 saturated heterocycles. The molecule has 1 aliphatic rings. The maximum atomic E-state index is 11.8. The van der Waals surface area contributed by atoms with Crippen molar-refractivity contribution in [3.63, 3.8) is 0 Å². The summed E-state index contributed by atoms with van der Waals surface area (Å²) in [5.41, 5.74) is 5.07. The Balaban J connectivity index is 1.92. The van der Waals surface area contributed by atoms with Crippen molar-refractivity contribution in [3.05, 3.63) is 35.9 Å². The van der Waals surface area contributed by atoms with Crippen LogP contribution in [-0.2, 0) is 20.9 Å². The van der Waals surface area contributed by atoms with Crippen LogP contribution in [0.4, 0.5) is 0 Å². The predicted octanol–water partition coefficient (Wildman–Crippen LogP) is 0.922. The molecule has 0 heterocycles. The Kier molecular flexibility index (Phi) is 3.34. The third-order valence-electron chi connectivity index (χ3n) is 3.38. The van der Waals surface area contributed by atoms with Gasteiger partial charge in [0.25, 0.3) is 0 Å². The standard InChI is InChI=1S/C13H15NO4/c14-13(12(16)17)7-6-10(13)11(15)18-8-9-4-2-1-3-5-9/h1-5,10H,6-8,14H2,(H,16,17)/t10-,13+/m1/s1. The molecule has 0 aromatic heterocycles. The summed E-state index contributed by atoms with van der Waals surface area (Å²) < 4.78 is 5.10. The minimum atomic E-state index is -1.45. The molecule has 0 bridgehead atoms. The quantitative estimate of drug-likeness (QED) is 0.774. The van der Waals surface area contributed by atoms with Gasteiger partial charge in [0.15, 0.2) is 0 Å². The lowest BCUT2D eigenvalue weighted by atomic mass is 9.67. The Bertz CT molecular complexity index is 459. The number of hydrogen-bond acceptors (Lipinski definition) is 4. The number of ether oxygens (including phenoxy) is 1. The van der Waals surface area contributed by atoms with Crippen LogP contribution >= 0.6 is 0 Å². The van der Waals surface area contributed by atoms with Gasteiger partial charge in [-0.15, -0.1) is 0 Å². The van der Waals surface area contributed by atoms with Crippen LogP contribution in [0.5, 0.6) is 0 Å². The van der Waals surface area contributed by atoms with Gasteiger partial charge in [-0.1, -0.05) is 30.3 Å². The molecule has 0 unspecified atom stereocenters. The number of hydrogen-bond donors (Lipinski definition) is 2. The van der Waals surface area contributed by atoms with E-state index in [0.29, 0.717) is 12.8 Å². The minimum Gasteiger partial charge on any atom is -0.480 e. The van der Waals surface area contributed by atoms with Crippen LogP contribution < -0.4 is 5.73 Å². The van der Waals surface area contributed by atoms with E-state index in [0.717, 1.165) is 5.56 Å². The molecule has 1 aromatic carbocycles. The highest BCUT2D eigenvalue weighted by Gasteiger charge is 2.54. The maximum absolute atomic E-state index is 11.8. The highest BCUT2D eigenvalue weighted by atomic mass is 16.5. The molecular weight excluding hydrogens is 234 g/mol. The van der Waals surface area contributed by atoms with Crippen LogP contribution in [0.1, 0.15) is 18.4 Å². The molecule has 1 aliphatic carbocycles. The smallest absolute Gasteiger partial charge is 0.324 e. The van der Waals surface area contributed by atoms with Crippen molar-refractivity contribution in [1.82, 2.24) is 0 Å². The molecule has 0 spiro atoms. The number of nitrogens with two attached hydrogens (primary N) is 1. The van der Waals surface area contributed by atoms with Gasteiger partial charge >= 0.3 is 11.9 Å². The monoisotopic (exact) mass is 249 g/mol. The van der Waals surface area contributed by atoms with E-state index in [4.69, 9.17) is 15.6 Å². The van der Waals surface area contributed by atoms with Gasteiger partial charge in [0.1, 0.15) is 12.1 Å². The van der Waals surface area contributed by atoms with Gasteiger partial charge in [-0.2, -0.15) is 0 Å². The van der Waals surface area contributed by atoms with Crippen molar-refractivity contribution in [3.8, 4) is 0 Å². The van der Waals surface area contributed by atoms with E-state index in [9.17, 15) is 9.59 Å². The highest BCUT2D eigenvalue weighted by Crippen LogP contribution is 2.37. The van der Waals surface area contributed by atoms with Gasteiger partial charge in [-0.25, -0.2) is 0 Å². The lowest BCUT2D eigenvalue weighted by molar-refractivity contribution is -0.167. The number of esters is 1. The lowest BCUT2D eigenvalue weighted by Crippen LogP contribution is -2.63. The zero-order valence-electron chi connectivity index (χ0n) is 9.83. The fourth-order valence-corrected chi connectivity index (χ4v) is 2.01. The van der Waals surface area contributed by atoms with Crippen molar-refractivity contribution in [2.45, 2.75) is 25.0 Å². The molecule has 5 nitrogen and oxygen atoms in total. The molecule has 3 N–H and O–H groups in total. The first-order valence-corrected chi connectivity index (χ1v) is 5.77. The first kappa shape index (κ1) is 12.6. The number of carbonyl (C=O) groups excluding carboxylic acids is 1. The highest BCUT2D eigenvalue weighted by molar-refractivity contribution is 5.89. The topological polar surface area (TPSA) is 89.6 Å². The molecule has 1 fully saturated rings. The van der Waals surface area contributed by atoms with Crippen LogP contribution in [-0.4, -0.2) is 22.6 Å². The van der Waals surface area contributed by atoms with E-state index >= 15 is 0 Å². The average molecular weight is 249 g/mol. The van der Waals surface area contributed by atoms with Crippen molar-refractivity contribution >= 4 is 11.9 Å². The van der Waals surface area contributed by atoms with E-state index in [1.165, 1.54) is 0 Å². The van der Waals surface area contributed by atoms with Gasteiger partial charge in [0, 0.05) is 0 Å². The fraction of sp³-hybridized carbons (Fsp3) is 0.385. The second kappa shape index (κ2) is 4.78. The summed E-state index contributed by atoms with van der Waals surface area (Å²) in [5.74, 6) is -2.41. The van der Waals surface area contributed by atoms with E-state index < -0.39 is 23.4 Å². The summed E-state index contributed by atoms with van der Waals surface area (Å²) in [7, 11) is 0. The summed E-state index contributed by atoms with van der Waals surface area (Å²) in [4.78, 5) is 22.7. The van der Waals surface area contributed by atoms with Crippen LogP contribution in [0.3, 0.4) is 0 Å². The molecule has 0 aliphatic heterocycles. The van der Waals surface area contributed by atoms with E-state index in [1.54, 1.807) is 0 Å². The van der Waals surface area contributed by atoms with E-state index in [1.807, 2.05) is 30.3 Å². The second-order valence-electron chi connectivity index (χ2n) is 4.53. The Hall–Kier alpha value is -1.88. The largest absolute Gasteiger partial charge is 0.480 e. The molecule has 2 atom stereocenters. The molecule has 0 amide bonds. The number of carboxylic acid groups (broad SMARTS) is 1. The Morgan fingerprint density at radius 1 is 1.39 bits per heavy atom. The van der Waals surface area contributed by atoms with Gasteiger partial charge < -0.3 is 15.6 Å². The van der Waals surface area contributed by atoms with Gasteiger partial charge in [-0.3, -0.25) is 9.59 Å². The van der Waals surface area contributed by atoms with Crippen LogP contribution in [0.15, 0.2) is 30.3 Å². The number of carboxylic acids is 1. The molecule has 2 rings (SSSR count). The average Bonchev–Trinajstić information content (AvgIpc) is 2.35. The Labute approximate surface area is 105 Å². The zero-order valence-corrected chi connectivity index (χ0v) is 9.83. The summed E-state index contributed by atoms with van der Waals surface area (Å²) in [6.45, 7) is 0.145. The summed E-state index contributed by atoms with van der Waals surface area (Å²) in [5, 5.41) is 8.96. The van der Waals surface area contributed by atoms with Crippen LogP contribution in [0.2, 0.25) is 0 Å². The first-order valence-electron chi connectivity index (χ1n) is 5.77. The maximum Gasteiger partial charge on any atom is 0.324 e. The third-order valence-corrected chi connectivity index (χ3v) is 3.38.